The van der Waals surface area contributed by atoms with Crippen molar-refractivity contribution < 1.29 is 14.6 Å². The normalized spacial score (nSPS) is 11.7. The molecule has 0 aromatic heterocycles. The number of aliphatic hydroxyl groups excluding tert-OH is 1. The standard InChI is InChI=1S/C17H19NO3/c1-21-16-9-5-8-14(11-16)17(20)18-15(12-19)10-13-6-3-2-4-7-13/h2-9,11,15,19H,10,12H2,1H3,(H,18,20)/t15-/m0/s1. The van der Waals surface area contributed by atoms with Crippen LogP contribution >= 0.6 is 0 Å². The maximum atomic E-state index is 12.2. The van der Waals surface area contributed by atoms with Gasteiger partial charge in [0, 0.05) is 5.56 Å². The summed E-state index contributed by atoms with van der Waals surface area (Å²) in [7, 11) is 1.56. The number of methoxy groups -OCH3 is 1. The molecule has 4 heteroatoms. The van der Waals surface area contributed by atoms with Crippen molar-refractivity contribution in [2.45, 2.75) is 12.5 Å². The zero-order valence-electron chi connectivity index (χ0n) is 12.0. The number of amides is 1. The number of ether oxygens (including phenoxy) is 1. The van der Waals surface area contributed by atoms with Crippen molar-refractivity contribution in [3.8, 4) is 5.75 Å². The average molecular weight is 285 g/mol. The molecule has 1 atom stereocenters. The van der Waals surface area contributed by atoms with Gasteiger partial charge in [-0.1, -0.05) is 36.4 Å². The molecule has 110 valence electrons. The minimum absolute atomic E-state index is 0.107. The van der Waals surface area contributed by atoms with E-state index in [0.717, 1.165) is 5.56 Å². The molecule has 4 nitrogen and oxygen atoms in total. The van der Waals surface area contributed by atoms with E-state index in [-0.39, 0.29) is 18.6 Å². The second-order valence-corrected chi connectivity index (χ2v) is 4.77. The fraction of sp³-hybridized carbons (Fsp3) is 0.235. The predicted octanol–water partition coefficient (Wildman–Crippen LogP) is 2.03. The molecule has 0 aliphatic heterocycles. The Morgan fingerprint density at radius 2 is 1.95 bits per heavy atom. The van der Waals surface area contributed by atoms with Crippen molar-refractivity contribution >= 4 is 5.91 Å². The summed E-state index contributed by atoms with van der Waals surface area (Å²) in [5.41, 5.74) is 1.59. The number of carbonyl (C=O) groups is 1. The first-order valence-electron chi connectivity index (χ1n) is 6.82. The fourth-order valence-corrected chi connectivity index (χ4v) is 2.09. The van der Waals surface area contributed by atoms with E-state index >= 15 is 0 Å². The Morgan fingerprint density at radius 3 is 2.62 bits per heavy atom. The van der Waals surface area contributed by atoms with Crippen molar-refractivity contribution in [1.29, 1.82) is 0 Å². The number of benzene rings is 2. The number of hydrogen-bond acceptors (Lipinski definition) is 3. The fourth-order valence-electron chi connectivity index (χ4n) is 2.09. The van der Waals surface area contributed by atoms with Gasteiger partial charge >= 0.3 is 0 Å². The molecule has 2 N–H and O–H groups in total. The molecule has 0 spiro atoms. The highest BCUT2D eigenvalue weighted by Gasteiger charge is 2.14. The largest absolute Gasteiger partial charge is 0.497 e. The van der Waals surface area contributed by atoms with E-state index in [9.17, 15) is 9.90 Å². The number of carbonyl (C=O) groups excluding carboxylic acids is 1. The van der Waals surface area contributed by atoms with Gasteiger partial charge in [0.25, 0.3) is 5.91 Å². The van der Waals surface area contributed by atoms with E-state index in [1.165, 1.54) is 0 Å². The van der Waals surface area contributed by atoms with Crippen LogP contribution in [-0.2, 0) is 6.42 Å². The monoisotopic (exact) mass is 285 g/mol. The third kappa shape index (κ3) is 4.33. The zero-order chi connectivity index (χ0) is 15.1. The van der Waals surface area contributed by atoms with Crippen LogP contribution in [0.4, 0.5) is 0 Å². The molecule has 0 bridgehead atoms. The smallest absolute Gasteiger partial charge is 0.251 e. The predicted molar refractivity (Wildman–Crippen MR) is 81.5 cm³/mol. The topological polar surface area (TPSA) is 58.6 Å². The van der Waals surface area contributed by atoms with Gasteiger partial charge in [0.1, 0.15) is 5.75 Å². The van der Waals surface area contributed by atoms with Gasteiger partial charge in [-0.25, -0.2) is 0 Å². The van der Waals surface area contributed by atoms with E-state index in [1.807, 2.05) is 30.3 Å². The molecule has 0 aliphatic rings. The molecule has 1 amide bonds. The second kappa shape index (κ2) is 7.45. The van der Waals surface area contributed by atoms with Crippen LogP contribution in [-0.4, -0.2) is 30.8 Å². The highest BCUT2D eigenvalue weighted by Crippen LogP contribution is 2.13. The van der Waals surface area contributed by atoms with Crippen molar-refractivity contribution in [2.75, 3.05) is 13.7 Å². The molecular formula is C17H19NO3. The summed E-state index contributed by atoms with van der Waals surface area (Å²) >= 11 is 0. The van der Waals surface area contributed by atoms with Gasteiger partial charge in [-0.2, -0.15) is 0 Å². The van der Waals surface area contributed by atoms with Gasteiger partial charge in [-0.15, -0.1) is 0 Å². The Hall–Kier alpha value is -2.33. The highest BCUT2D eigenvalue weighted by molar-refractivity contribution is 5.94. The maximum absolute atomic E-state index is 12.2. The Labute approximate surface area is 124 Å². The molecule has 0 fully saturated rings. The average Bonchev–Trinajstić information content (AvgIpc) is 2.55. The van der Waals surface area contributed by atoms with Crippen molar-refractivity contribution in [2.24, 2.45) is 0 Å². The first-order valence-corrected chi connectivity index (χ1v) is 6.82. The number of nitrogens with one attached hydrogen (secondary N) is 1. The van der Waals surface area contributed by atoms with Crippen LogP contribution < -0.4 is 10.1 Å². The van der Waals surface area contributed by atoms with Crippen LogP contribution in [0.15, 0.2) is 54.6 Å². The first-order chi connectivity index (χ1) is 10.2. The lowest BCUT2D eigenvalue weighted by Gasteiger charge is -2.16. The first kappa shape index (κ1) is 15.1. The van der Waals surface area contributed by atoms with Gasteiger partial charge in [0.05, 0.1) is 19.8 Å². The van der Waals surface area contributed by atoms with Crippen molar-refractivity contribution in [1.82, 2.24) is 5.32 Å². The van der Waals surface area contributed by atoms with Crippen molar-refractivity contribution in [3.63, 3.8) is 0 Å². The summed E-state index contributed by atoms with van der Waals surface area (Å²) in [5, 5.41) is 12.3. The lowest BCUT2D eigenvalue weighted by Crippen LogP contribution is -2.39. The molecule has 0 heterocycles. The summed E-state index contributed by atoms with van der Waals surface area (Å²) in [5.74, 6) is 0.412. The van der Waals surface area contributed by atoms with Gasteiger partial charge < -0.3 is 15.2 Å². The molecule has 2 aromatic rings. The second-order valence-electron chi connectivity index (χ2n) is 4.77. The van der Waals surface area contributed by atoms with Crippen LogP contribution in [0, 0.1) is 0 Å². The summed E-state index contributed by atoms with van der Waals surface area (Å²) < 4.78 is 5.10. The molecule has 0 radical (unpaired) electrons. The highest BCUT2D eigenvalue weighted by atomic mass is 16.5. The van der Waals surface area contributed by atoms with Gasteiger partial charge in [-0.3, -0.25) is 4.79 Å². The summed E-state index contributed by atoms with van der Waals surface area (Å²) in [6.07, 6.45) is 0.590. The SMILES string of the molecule is COc1cccc(C(=O)N[C@H](CO)Cc2ccccc2)c1. The molecule has 2 aromatic carbocycles. The zero-order valence-corrected chi connectivity index (χ0v) is 12.0. The van der Waals surface area contributed by atoms with Crippen LogP contribution in [0.5, 0.6) is 5.75 Å². The molecule has 2 rings (SSSR count). The number of hydrogen-bond donors (Lipinski definition) is 2. The van der Waals surface area contributed by atoms with E-state index < -0.39 is 0 Å². The van der Waals surface area contributed by atoms with Gasteiger partial charge in [0.2, 0.25) is 0 Å². The Kier molecular flexibility index (Phi) is 5.35. The quantitative estimate of drug-likeness (QED) is 0.854. The van der Waals surface area contributed by atoms with E-state index in [2.05, 4.69) is 5.32 Å². The minimum Gasteiger partial charge on any atom is -0.497 e. The molecular weight excluding hydrogens is 266 g/mol. The molecule has 0 saturated heterocycles. The van der Waals surface area contributed by atoms with Gasteiger partial charge in [-0.05, 0) is 30.2 Å². The van der Waals surface area contributed by atoms with Crippen LogP contribution in [0.3, 0.4) is 0 Å². The molecule has 0 unspecified atom stereocenters. The Morgan fingerprint density at radius 1 is 1.19 bits per heavy atom. The van der Waals surface area contributed by atoms with Crippen LogP contribution in [0.2, 0.25) is 0 Å². The van der Waals surface area contributed by atoms with Crippen molar-refractivity contribution in [3.05, 3.63) is 65.7 Å². The Bertz CT molecular complexity index is 584. The van der Waals surface area contributed by atoms with Crippen LogP contribution in [0.1, 0.15) is 15.9 Å². The third-order valence-corrected chi connectivity index (χ3v) is 3.21. The molecule has 21 heavy (non-hydrogen) atoms. The summed E-state index contributed by atoms with van der Waals surface area (Å²) in [6.45, 7) is -0.107. The van der Waals surface area contributed by atoms with Gasteiger partial charge in [0.15, 0.2) is 0 Å². The van der Waals surface area contributed by atoms with E-state index in [4.69, 9.17) is 4.74 Å². The van der Waals surface area contributed by atoms with E-state index in [0.29, 0.717) is 17.7 Å². The number of rotatable bonds is 6. The van der Waals surface area contributed by atoms with E-state index in [1.54, 1.807) is 31.4 Å². The molecule has 0 aliphatic carbocycles. The molecule has 0 saturated carbocycles. The summed E-state index contributed by atoms with van der Waals surface area (Å²) in [4.78, 5) is 12.2. The van der Waals surface area contributed by atoms with Crippen LogP contribution in [0.25, 0.3) is 0 Å². The maximum Gasteiger partial charge on any atom is 0.251 e. The lowest BCUT2D eigenvalue weighted by molar-refractivity contribution is 0.0916. The summed E-state index contributed by atoms with van der Waals surface area (Å²) in [6, 6.07) is 16.4. The number of aliphatic hydroxyl groups is 1. The Balaban J connectivity index is 2.02. The minimum atomic E-state index is -0.314. The lowest BCUT2D eigenvalue weighted by atomic mass is 10.1. The third-order valence-electron chi connectivity index (χ3n) is 3.21.